The Morgan fingerprint density at radius 1 is 1.45 bits per heavy atom. The van der Waals surface area contributed by atoms with Gasteiger partial charge in [0.15, 0.2) is 0 Å². The molecule has 0 aromatic carbocycles. The molecule has 20 heavy (non-hydrogen) atoms. The smallest absolute Gasteiger partial charge is 0.383 e. The summed E-state index contributed by atoms with van der Waals surface area (Å²) in [6.07, 6.45) is -3.55. The molecule has 1 aromatic heterocycles. The second-order valence-electron chi connectivity index (χ2n) is 4.49. The van der Waals surface area contributed by atoms with E-state index in [1.54, 1.807) is 30.4 Å². The molecule has 0 fully saturated rings. The lowest BCUT2D eigenvalue weighted by atomic mass is 10.1. The molecule has 1 atom stereocenters. The van der Waals surface area contributed by atoms with Gasteiger partial charge in [-0.25, -0.2) is 0 Å². The second kappa shape index (κ2) is 4.93. The number of nitrogens with one attached hydrogen (secondary N) is 1. The lowest BCUT2D eigenvalue weighted by Gasteiger charge is -2.17. The Labute approximate surface area is 116 Å². The summed E-state index contributed by atoms with van der Waals surface area (Å²) in [6, 6.07) is 0.496. The number of carbonyl (C=O) groups is 2. The van der Waals surface area contributed by atoms with Crippen LogP contribution in [0.2, 0.25) is 0 Å². The average Bonchev–Trinajstić information content (AvgIpc) is 2.86. The van der Waals surface area contributed by atoms with E-state index in [1.165, 1.54) is 6.20 Å². The van der Waals surface area contributed by atoms with E-state index in [4.69, 9.17) is 0 Å². The number of thiophene rings is 1. The molecule has 1 aliphatic carbocycles. The van der Waals surface area contributed by atoms with Gasteiger partial charge in [-0.05, 0) is 11.4 Å². The van der Waals surface area contributed by atoms with Crippen molar-refractivity contribution in [3.8, 4) is 0 Å². The summed E-state index contributed by atoms with van der Waals surface area (Å²) in [5.41, 5.74) is 0.542. The molecule has 2 rings (SSSR count). The number of hydrogen-bond donors (Lipinski definition) is 1. The topological polar surface area (TPSA) is 49.4 Å². The fraction of sp³-hybridized carbons (Fsp3) is 0.333. The molecule has 1 N–H and O–H groups in total. The number of nitrogens with zero attached hydrogens (tertiary/aromatic N) is 1. The summed E-state index contributed by atoms with van der Waals surface area (Å²) in [4.78, 5) is 25.1. The van der Waals surface area contributed by atoms with Gasteiger partial charge >= 0.3 is 12.1 Å². The zero-order chi connectivity index (χ0) is 15.1. The first-order valence-corrected chi connectivity index (χ1v) is 6.47. The molecule has 1 amide bonds. The SMILES string of the molecule is CN(C)C=C1C(=O)c2sccc2[C@@H]1NC(=O)C(F)(F)F. The maximum atomic E-state index is 12.4. The minimum atomic E-state index is -4.98. The van der Waals surface area contributed by atoms with E-state index < -0.39 is 18.1 Å². The number of fused-ring (bicyclic) bond motifs is 1. The third-order valence-electron chi connectivity index (χ3n) is 2.72. The van der Waals surface area contributed by atoms with Crippen LogP contribution in [0.4, 0.5) is 13.2 Å². The van der Waals surface area contributed by atoms with Crippen molar-refractivity contribution in [2.45, 2.75) is 12.2 Å². The van der Waals surface area contributed by atoms with Crippen LogP contribution in [0.5, 0.6) is 0 Å². The molecule has 0 saturated heterocycles. The number of rotatable bonds is 2. The first kappa shape index (κ1) is 14.6. The van der Waals surface area contributed by atoms with Crippen LogP contribution in [0.15, 0.2) is 23.2 Å². The molecule has 1 aromatic rings. The Balaban J connectivity index is 2.38. The third-order valence-corrected chi connectivity index (χ3v) is 3.65. The Morgan fingerprint density at radius 3 is 2.65 bits per heavy atom. The predicted molar refractivity (Wildman–Crippen MR) is 67.4 cm³/mol. The number of hydrogen-bond acceptors (Lipinski definition) is 4. The maximum Gasteiger partial charge on any atom is 0.471 e. The first-order chi connectivity index (χ1) is 9.21. The van der Waals surface area contributed by atoms with Crippen molar-refractivity contribution >= 4 is 23.0 Å². The summed E-state index contributed by atoms with van der Waals surface area (Å²) in [7, 11) is 3.30. The van der Waals surface area contributed by atoms with Crippen LogP contribution < -0.4 is 5.32 Å². The van der Waals surface area contributed by atoms with Crippen molar-refractivity contribution in [1.82, 2.24) is 10.2 Å². The van der Waals surface area contributed by atoms with Crippen molar-refractivity contribution in [3.05, 3.63) is 33.7 Å². The van der Waals surface area contributed by atoms with E-state index in [9.17, 15) is 22.8 Å². The molecule has 108 valence electrons. The molecule has 1 aliphatic rings. The van der Waals surface area contributed by atoms with Crippen molar-refractivity contribution in [3.63, 3.8) is 0 Å². The zero-order valence-electron chi connectivity index (χ0n) is 10.6. The van der Waals surface area contributed by atoms with E-state index in [1.807, 2.05) is 5.32 Å². The number of ketones is 1. The average molecular weight is 304 g/mol. The van der Waals surface area contributed by atoms with Crippen LogP contribution in [0.25, 0.3) is 0 Å². The molecule has 0 unspecified atom stereocenters. The van der Waals surface area contributed by atoms with Crippen LogP contribution >= 0.6 is 11.3 Å². The Morgan fingerprint density at radius 2 is 2.10 bits per heavy atom. The molecule has 0 aliphatic heterocycles. The number of alkyl halides is 3. The molecule has 0 bridgehead atoms. The van der Waals surface area contributed by atoms with Gasteiger partial charge in [-0.3, -0.25) is 9.59 Å². The summed E-state index contributed by atoms with van der Waals surface area (Å²) in [5.74, 6) is -2.41. The van der Waals surface area contributed by atoms with Gasteiger partial charge in [-0.1, -0.05) is 0 Å². The van der Waals surface area contributed by atoms with Gasteiger partial charge in [-0.2, -0.15) is 13.2 Å². The lowest BCUT2D eigenvalue weighted by Crippen LogP contribution is -2.39. The molecule has 1 heterocycles. The van der Waals surface area contributed by atoms with Crippen molar-refractivity contribution < 1.29 is 22.8 Å². The summed E-state index contributed by atoms with van der Waals surface area (Å²) >= 11 is 1.15. The number of halogens is 3. The molecule has 0 saturated carbocycles. The quantitative estimate of drug-likeness (QED) is 0.851. The molecule has 0 spiro atoms. The van der Waals surface area contributed by atoms with Crippen LogP contribution in [0.3, 0.4) is 0 Å². The molecular weight excluding hydrogens is 293 g/mol. The van der Waals surface area contributed by atoms with Gasteiger partial charge in [0, 0.05) is 31.4 Å². The number of carbonyl (C=O) groups excluding carboxylic acids is 2. The second-order valence-corrected chi connectivity index (χ2v) is 5.40. The van der Waals surface area contributed by atoms with E-state index in [-0.39, 0.29) is 11.4 Å². The molecule has 0 radical (unpaired) electrons. The van der Waals surface area contributed by atoms with Gasteiger partial charge < -0.3 is 10.2 Å². The molecule has 8 heteroatoms. The van der Waals surface area contributed by atoms with Crippen LogP contribution in [-0.2, 0) is 4.79 Å². The van der Waals surface area contributed by atoms with E-state index >= 15 is 0 Å². The van der Waals surface area contributed by atoms with Crippen molar-refractivity contribution in [2.75, 3.05) is 14.1 Å². The third kappa shape index (κ3) is 2.55. The molecule has 4 nitrogen and oxygen atoms in total. The normalized spacial score (nSPS) is 20.1. The van der Waals surface area contributed by atoms with E-state index in [0.717, 1.165) is 11.3 Å². The van der Waals surface area contributed by atoms with Crippen molar-refractivity contribution in [2.24, 2.45) is 0 Å². The highest BCUT2D eigenvalue weighted by atomic mass is 32.1. The largest absolute Gasteiger partial charge is 0.471 e. The fourth-order valence-corrected chi connectivity index (χ4v) is 2.84. The lowest BCUT2D eigenvalue weighted by molar-refractivity contribution is -0.174. The number of amides is 1. The van der Waals surface area contributed by atoms with Crippen molar-refractivity contribution in [1.29, 1.82) is 0 Å². The zero-order valence-corrected chi connectivity index (χ0v) is 11.4. The minimum absolute atomic E-state index is 0.134. The van der Waals surface area contributed by atoms with Gasteiger partial charge in [0.2, 0.25) is 5.78 Å². The van der Waals surface area contributed by atoms with Gasteiger partial charge in [-0.15, -0.1) is 11.3 Å². The predicted octanol–water partition coefficient (Wildman–Crippen LogP) is 2.11. The highest BCUT2D eigenvalue weighted by Gasteiger charge is 2.44. The number of Topliss-reactive ketones (excluding diaryl/α,β-unsaturated/α-hetero) is 1. The first-order valence-electron chi connectivity index (χ1n) is 5.59. The highest BCUT2D eigenvalue weighted by Crippen LogP contribution is 2.39. The van der Waals surface area contributed by atoms with Crippen LogP contribution in [-0.4, -0.2) is 36.9 Å². The van der Waals surface area contributed by atoms with Gasteiger partial charge in [0.05, 0.1) is 10.9 Å². The van der Waals surface area contributed by atoms with Crippen LogP contribution in [0, 0.1) is 0 Å². The van der Waals surface area contributed by atoms with Gasteiger partial charge in [0.1, 0.15) is 0 Å². The van der Waals surface area contributed by atoms with Gasteiger partial charge in [0.25, 0.3) is 0 Å². The van der Waals surface area contributed by atoms with E-state index in [2.05, 4.69) is 0 Å². The Kier molecular flexibility index (Phi) is 3.59. The Hall–Kier alpha value is -1.83. The highest BCUT2D eigenvalue weighted by molar-refractivity contribution is 7.12. The molecular formula is C12H11F3N2O2S. The van der Waals surface area contributed by atoms with E-state index in [0.29, 0.717) is 10.4 Å². The fourth-order valence-electron chi connectivity index (χ4n) is 1.94. The maximum absolute atomic E-state index is 12.4. The summed E-state index contributed by atoms with van der Waals surface area (Å²) in [5, 5.41) is 3.49. The standard InChI is InChI=1S/C12H11F3N2O2S/c1-17(2)5-7-8(16-11(19)12(13,14)15)6-3-4-20-10(6)9(7)18/h3-5,8H,1-2H3,(H,16,19)/t8-/m0/s1. The summed E-state index contributed by atoms with van der Waals surface area (Å²) in [6.45, 7) is 0. The Bertz CT molecular complexity index is 590. The summed E-state index contributed by atoms with van der Waals surface area (Å²) < 4.78 is 37.1. The monoisotopic (exact) mass is 304 g/mol. The van der Waals surface area contributed by atoms with Crippen LogP contribution in [0.1, 0.15) is 21.3 Å². The minimum Gasteiger partial charge on any atom is -0.383 e.